The summed E-state index contributed by atoms with van der Waals surface area (Å²) in [6.45, 7) is -0.587. The van der Waals surface area contributed by atoms with Crippen molar-refractivity contribution in [1.82, 2.24) is 5.32 Å². The molecule has 0 aliphatic carbocycles. The van der Waals surface area contributed by atoms with E-state index in [1.54, 1.807) is 0 Å². The van der Waals surface area contributed by atoms with Crippen molar-refractivity contribution in [3.63, 3.8) is 0 Å². The number of aliphatic hydroxyl groups is 5. The summed E-state index contributed by atoms with van der Waals surface area (Å²) in [5.74, 6) is -5.75. The molecule has 46 heavy (non-hydrogen) atoms. The van der Waals surface area contributed by atoms with E-state index in [4.69, 9.17) is 28.2 Å². The van der Waals surface area contributed by atoms with Gasteiger partial charge in [-0.05, 0) is 6.08 Å². The van der Waals surface area contributed by atoms with E-state index in [2.05, 4.69) is 13.7 Å². The molecule has 0 radical (unpaired) electrons. The zero-order valence-corrected chi connectivity index (χ0v) is 24.5. The second-order valence-corrected chi connectivity index (χ2v) is 11.9. The second kappa shape index (κ2) is 14.6. The predicted octanol–water partition coefficient (Wildman–Crippen LogP) is -6.44. The van der Waals surface area contributed by atoms with Gasteiger partial charge in [-0.3, -0.25) is 13.9 Å². The van der Waals surface area contributed by atoms with Gasteiger partial charge < -0.3 is 64.7 Å². The highest BCUT2D eigenvalue weighted by molar-refractivity contribution is 7.81. The third-order valence-corrected chi connectivity index (χ3v) is 7.32. The molecule has 3 heterocycles. The second-order valence-electron chi connectivity index (χ2n) is 9.74. The van der Waals surface area contributed by atoms with Gasteiger partial charge >= 0.3 is 32.7 Å². The number of aliphatic hydroxyl groups excluding tert-OH is 5. The maximum Gasteiger partial charge on any atom is 0.397 e. The predicted molar refractivity (Wildman–Crippen MR) is 133 cm³/mol. The zero-order valence-electron chi connectivity index (χ0n) is 22.8. The molecule has 24 nitrogen and oxygen atoms in total. The van der Waals surface area contributed by atoms with Crippen LogP contribution in [0.2, 0.25) is 0 Å². The minimum Gasteiger partial charge on any atom is -0.479 e. The van der Waals surface area contributed by atoms with Gasteiger partial charge in [0.2, 0.25) is 18.0 Å². The number of carbonyl (C=O) groups is 3. The van der Waals surface area contributed by atoms with Crippen molar-refractivity contribution in [2.24, 2.45) is 0 Å². The van der Waals surface area contributed by atoms with Crippen LogP contribution in [0.3, 0.4) is 0 Å². The molecule has 0 saturated carbocycles. The zero-order chi connectivity index (χ0) is 34.9. The molecular formula is C20H29NO23S2. The Morgan fingerprint density at radius 2 is 1.46 bits per heavy atom. The summed E-state index contributed by atoms with van der Waals surface area (Å²) in [5, 5.41) is 71.9. The summed E-state index contributed by atoms with van der Waals surface area (Å²) in [4.78, 5) is 35.6. The molecule has 3 aliphatic heterocycles. The molecule has 0 spiro atoms. The summed E-state index contributed by atoms with van der Waals surface area (Å²) in [6, 6.07) is -2.07. The third kappa shape index (κ3) is 9.45. The molecule has 0 aromatic carbocycles. The summed E-state index contributed by atoms with van der Waals surface area (Å²) in [5.41, 5.74) is 0. The van der Waals surface area contributed by atoms with Crippen LogP contribution in [0.5, 0.6) is 0 Å². The van der Waals surface area contributed by atoms with E-state index in [1.807, 2.05) is 0 Å². The van der Waals surface area contributed by atoms with E-state index in [0.717, 1.165) is 6.92 Å². The summed E-state index contributed by atoms with van der Waals surface area (Å²) in [6.07, 6.45) is -26.5. The van der Waals surface area contributed by atoms with E-state index in [1.165, 1.54) is 0 Å². The van der Waals surface area contributed by atoms with Crippen molar-refractivity contribution in [3.05, 3.63) is 11.8 Å². The smallest absolute Gasteiger partial charge is 0.397 e. The first kappa shape index (κ1) is 37.8. The van der Waals surface area contributed by atoms with Crippen molar-refractivity contribution in [1.29, 1.82) is 0 Å². The molecule has 0 aromatic rings. The highest BCUT2D eigenvalue weighted by atomic mass is 32.3. The van der Waals surface area contributed by atoms with Crippen LogP contribution in [0.1, 0.15) is 6.92 Å². The Morgan fingerprint density at radius 3 is 1.98 bits per heavy atom. The number of ether oxygens (including phenoxy) is 5. The molecule has 0 unspecified atom stereocenters. The van der Waals surface area contributed by atoms with Gasteiger partial charge in [0.25, 0.3) is 0 Å². The van der Waals surface area contributed by atoms with Crippen LogP contribution in [-0.2, 0) is 67.2 Å². The molecule has 2 saturated heterocycles. The van der Waals surface area contributed by atoms with Crippen molar-refractivity contribution in [3.8, 4) is 0 Å². The number of carboxylic acids is 2. The monoisotopic (exact) mass is 715 g/mol. The quantitative estimate of drug-likeness (QED) is 0.0839. The Morgan fingerprint density at radius 1 is 0.848 bits per heavy atom. The van der Waals surface area contributed by atoms with Gasteiger partial charge in [-0.1, -0.05) is 0 Å². The lowest BCUT2D eigenvalue weighted by Gasteiger charge is -2.48. The fourth-order valence-corrected chi connectivity index (χ4v) is 5.32. The van der Waals surface area contributed by atoms with E-state index in [0.29, 0.717) is 6.08 Å². The van der Waals surface area contributed by atoms with Crippen molar-refractivity contribution >= 4 is 38.6 Å². The van der Waals surface area contributed by atoms with Crippen LogP contribution in [-0.4, -0.2) is 166 Å². The van der Waals surface area contributed by atoms with Crippen LogP contribution in [0.4, 0.5) is 0 Å². The SMILES string of the molecule is CC(=O)N[C@H]1[C@H](O[C@H]2[C@H](O)[C@@H](O)[C@H](O)O[C@@H]2C(=O)O)O[C@H](COS(=O)(=O)O)[C@H](OS(=O)(=O)O)[C@@H]1O[C@@H]1OC(C(=O)O)=C[C@H](O)[C@H]1O. The maximum absolute atomic E-state index is 12.2. The minimum absolute atomic E-state index is 0.541. The molecule has 0 aromatic heterocycles. The van der Waals surface area contributed by atoms with Gasteiger partial charge in [0.1, 0.15) is 54.9 Å². The summed E-state index contributed by atoms with van der Waals surface area (Å²) in [7, 11) is -11.0. The van der Waals surface area contributed by atoms with E-state index in [-0.39, 0.29) is 0 Å². The Labute approximate surface area is 257 Å². The van der Waals surface area contributed by atoms with E-state index >= 15 is 0 Å². The molecule has 264 valence electrons. The molecule has 10 N–H and O–H groups in total. The van der Waals surface area contributed by atoms with Crippen LogP contribution < -0.4 is 5.32 Å². The number of carboxylic acid groups (broad SMARTS) is 2. The molecular weight excluding hydrogens is 686 g/mol. The fraction of sp³-hybridized carbons (Fsp3) is 0.750. The number of hydrogen-bond acceptors (Lipinski definition) is 19. The topological polar surface area (TPSA) is 378 Å². The summed E-state index contributed by atoms with van der Waals surface area (Å²) >= 11 is 0. The van der Waals surface area contributed by atoms with Crippen LogP contribution >= 0.6 is 0 Å². The lowest BCUT2D eigenvalue weighted by atomic mass is 9.95. The average Bonchev–Trinajstić information content (AvgIpc) is 2.91. The number of hydrogen-bond donors (Lipinski definition) is 10. The summed E-state index contributed by atoms with van der Waals surface area (Å²) < 4.78 is 99.7. The number of rotatable bonds is 12. The molecule has 3 aliphatic rings. The largest absolute Gasteiger partial charge is 0.479 e. The van der Waals surface area contributed by atoms with Crippen molar-refractivity contribution in [2.45, 2.75) is 86.8 Å². The van der Waals surface area contributed by atoms with Gasteiger partial charge in [0.15, 0.2) is 18.7 Å². The lowest BCUT2D eigenvalue weighted by molar-refractivity contribution is -0.344. The Hall–Kier alpha value is -2.67. The van der Waals surface area contributed by atoms with Gasteiger partial charge in [-0.2, -0.15) is 16.8 Å². The minimum atomic E-state index is -5.61. The molecule has 13 atom stereocenters. The maximum atomic E-state index is 12.2. The Bertz CT molecular complexity index is 1390. The van der Waals surface area contributed by atoms with Crippen LogP contribution in [0.25, 0.3) is 0 Å². The Kier molecular flexibility index (Phi) is 12.0. The Balaban J connectivity index is 2.15. The number of nitrogens with one attached hydrogen (secondary N) is 1. The van der Waals surface area contributed by atoms with Gasteiger partial charge in [0, 0.05) is 6.92 Å². The number of amides is 1. The normalized spacial score (nSPS) is 38.7. The average molecular weight is 716 g/mol. The molecule has 2 fully saturated rings. The van der Waals surface area contributed by atoms with Crippen molar-refractivity contribution < 1.29 is 108 Å². The number of carbonyl (C=O) groups excluding carboxylic acids is 1. The van der Waals surface area contributed by atoms with Crippen molar-refractivity contribution in [2.75, 3.05) is 6.61 Å². The van der Waals surface area contributed by atoms with E-state index in [9.17, 15) is 71.5 Å². The number of aliphatic carboxylic acids is 2. The highest BCUT2D eigenvalue weighted by Gasteiger charge is 2.56. The van der Waals surface area contributed by atoms with Gasteiger partial charge in [0.05, 0.1) is 6.61 Å². The molecule has 1 amide bonds. The van der Waals surface area contributed by atoms with Gasteiger partial charge in [-0.25, -0.2) is 18.0 Å². The third-order valence-electron chi connectivity index (χ3n) is 6.42. The lowest BCUT2D eigenvalue weighted by Crippen LogP contribution is -2.69. The van der Waals surface area contributed by atoms with E-state index < -0.39 is 131 Å². The van der Waals surface area contributed by atoms with Gasteiger partial charge in [-0.15, -0.1) is 0 Å². The molecule has 0 bridgehead atoms. The first-order chi connectivity index (χ1) is 21.1. The van der Waals surface area contributed by atoms with Crippen LogP contribution in [0.15, 0.2) is 11.8 Å². The van der Waals surface area contributed by atoms with Crippen LogP contribution in [0, 0.1) is 0 Å². The first-order valence-corrected chi connectivity index (χ1v) is 15.2. The molecule has 3 rings (SSSR count). The molecule has 26 heteroatoms. The first-order valence-electron chi connectivity index (χ1n) is 12.5. The fourth-order valence-electron chi connectivity index (χ4n) is 4.50. The highest BCUT2D eigenvalue weighted by Crippen LogP contribution is 2.34. The standard InChI is InChI=1S/C20H29NO23S2/c1-4(22)21-8-13(42-20-9(24)5(23)2-6(39-20)16(27)28)12(44-46(35,36)37)7(3-38-45(32,33)34)40-19(8)43-14-10(25)11(26)18(31)41-15(14)17(29)30/h2,5,7-15,18-20,23-26,31H,3H2,1H3,(H,21,22)(H,27,28)(H,29,30)(H,32,33,34)(H,35,36,37)/t5-,7+,8+,9+,10+,11+,12-,13+,14-,15-,18+,19-,20-/m0/s1.